The van der Waals surface area contributed by atoms with E-state index in [1.165, 1.54) is 5.56 Å². The summed E-state index contributed by atoms with van der Waals surface area (Å²) < 4.78 is 7.32. The van der Waals surface area contributed by atoms with Crippen LogP contribution in [0.1, 0.15) is 25.3 Å². The number of pyridine rings is 1. The van der Waals surface area contributed by atoms with Crippen molar-refractivity contribution in [3.05, 3.63) is 66.5 Å². The van der Waals surface area contributed by atoms with Crippen LogP contribution in [0.5, 0.6) is 0 Å². The van der Waals surface area contributed by atoms with Crippen LogP contribution in [0, 0.1) is 0 Å². The molecule has 130 valence electrons. The zero-order valence-corrected chi connectivity index (χ0v) is 14.8. The Morgan fingerprint density at radius 2 is 1.69 bits per heavy atom. The van der Waals surface area contributed by atoms with Gasteiger partial charge in [0.25, 0.3) is 0 Å². The summed E-state index contributed by atoms with van der Waals surface area (Å²) in [6.07, 6.45) is 6.83. The minimum absolute atomic E-state index is 0.628. The highest BCUT2D eigenvalue weighted by molar-refractivity contribution is 5.60. The van der Waals surface area contributed by atoms with E-state index < -0.39 is 0 Å². The topological polar surface area (TPSA) is 69.6 Å². The zero-order valence-electron chi connectivity index (χ0n) is 14.8. The van der Waals surface area contributed by atoms with Crippen molar-refractivity contribution in [1.29, 1.82) is 0 Å². The van der Waals surface area contributed by atoms with E-state index in [4.69, 9.17) is 14.5 Å². The number of oxazole rings is 1. The van der Waals surface area contributed by atoms with E-state index >= 15 is 0 Å². The van der Waals surface area contributed by atoms with Crippen LogP contribution in [-0.4, -0.2) is 24.7 Å². The molecule has 0 aliphatic rings. The molecule has 0 bridgehead atoms. The lowest BCUT2D eigenvalue weighted by molar-refractivity contribution is 0.502. The third-order valence-electron chi connectivity index (χ3n) is 4.22. The molecule has 0 N–H and O–H groups in total. The Kier molecular flexibility index (Phi) is 4.31. The van der Waals surface area contributed by atoms with E-state index in [2.05, 4.69) is 29.0 Å². The van der Waals surface area contributed by atoms with Gasteiger partial charge in [0.2, 0.25) is 0 Å². The lowest BCUT2D eigenvalue weighted by Gasteiger charge is -2.05. The standard InChI is InChI=1S/C20H19N5O/c1-3-14-5-7-16(8-6-14)25-20(17-13-26-18(4-2)22-17)23-19(24-25)15-9-11-21-12-10-15/h5-13H,3-4H2,1-2H3. The molecule has 0 fully saturated rings. The Morgan fingerprint density at radius 1 is 0.923 bits per heavy atom. The molecule has 4 aromatic rings. The lowest BCUT2D eigenvalue weighted by Crippen LogP contribution is -2.00. The van der Waals surface area contributed by atoms with Gasteiger partial charge in [0.1, 0.15) is 12.0 Å². The van der Waals surface area contributed by atoms with Crippen LogP contribution in [0.3, 0.4) is 0 Å². The number of aromatic nitrogens is 5. The smallest absolute Gasteiger partial charge is 0.194 e. The van der Waals surface area contributed by atoms with E-state index in [1.807, 2.05) is 35.9 Å². The van der Waals surface area contributed by atoms with E-state index in [0.29, 0.717) is 23.2 Å². The highest BCUT2D eigenvalue weighted by Gasteiger charge is 2.18. The van der Waals surface area contributed by atoms with Gasteiger partial charge in [-0.2, -0.15) is 0 Å². The van der Waals surface area contributed by atoms with Crippen LogP contribution >= 0.6 is 0 Å². The first-order valence-electron chi connectivity index (χ1n) is 8.70. The van der Waals surface area contributed by atoms with E-state index in [-0.39, 0.29) is 0 Å². The molecule has 0 saturated heterocycles. The maximum absolute atomic E-state index is 5.51. The molecule has 6 nitrogen and oxygen atoms in total. The normalized spacial score (nSPS) is 11.0. The minimum Gasteiger partial charge on any atom is -0.448 e. The van der Waals surface area contributed by atoms with Crippen molar-refractivity contribution in [2.45, 2.75) is 26.7 Å². The fourth-order valence-electron chi connectivity index (χ4n) is 2.73. The van der Waals surface area contributed by atoms with E-state index in [9.17, 15) is 0 Å². The number of hydrogen-bond donors (Lipinski definition) is 0. The molecule has 0 unspecified atom stereocenters. The summed E-state index contributed by atoms with van der Waals surface area (Å²) >= 11 is 0. The maximum Gasteiger partial charge on any atom is 0.194 e. The molecule has 6 heteroatoms. The fourth-order valence-corrected chi connectivity index (χ4v) is 2.73. The van der Waals surface area contributed by atoms with E-state index in [1.54, 1.807) is 18.7 Å². The molecule has 3 heterocycles. The summed E-state index contributed by atoms with van der Waals surface area (Å²) in [5, 5.41) is 4.71. The van der Waals surface area contributed by atoms with Gasteiger partial charge in [0.05, 0.1) is 5.69 Å². The van der Waals surface area contributed by atoms with Gasteiger partial charge in [-0.05, 0) is 36.2 Å². The second kappa shape index (κ2) is 6.92. The Hall–Kier alpha value is -3.28. The fraction of sp³-hybridized carbons (Fsp3) is 0.200. The summed E-state index contributed by atoms with van der Waals surface area (Å²) in [5.74, 6) is 1.97. The number of benzene rings is 1. The van der Waals surface area contributed by atoms with Gasteiger partial charge in [-0.15, -0.1) is 5.10 Å². The summed E-state index contributed by atoms with van der Waals surface area (Å²) in [5.41, 5.74) is 3.80. The molecule has 3 aromatic heterocycles. The number of hydrogen-bond acceptors (Lipinski definition) is 5. The van der Waals surface area contributed by atoms with Gasteiger partial charge in [-0.1, -0.05) is 26.0 Å². The second-order valence-corrected chi connectivity index (χ2v) is 5.91. The Balaban J connectivity index is 1.85. The monoisotopic (exact) mass is 345 g/mol. The zero-order chi connectivity index (χ0) is 17.9. The molecule has 0 aliphatic carbocycles. The van der Waals surface area contributed by atoms with Crippen LogP contribution in [-0.2, 0) is 12.8 Å². The summed E-state index contributed by atoms with van der Waals surface area (Å²) in [6.45, 7) is 4.14. The molecule has 0 atom stereocenters. The van der Waals surface area contributed by atoms with Crippen LogP contribution in [0.4, 0.5) is 0 Å². The molecular formula is C20H19N5O. The maximum atomic E-state index is 5.51. The highest BCUT2D eigenvalue weighted by atomic mass is 16.3. The molecule has 26 heavy (non-hydrogen) atoms. The minimum atomic E-state index is 0.628. The van der Waals surface area contributed by atoms with Crippen LogP contribution in [0.2, 0.25) is 0 Å². The first-order chi connectivity index (χ1) is 12.8. The molecule has 4 rings (SSSR count). The van der Waals surface area contributed by atoms with Crippen molar-refractivity contribution in [1.82, 2.24) is 24.7 Å². The van der Waals surface area contributed by atoms with Gasteiger partial charge in [-0.3, -0.25) is 4.98 Å². The Morgan fingerprint density at radius 3 is 2.35 bits per heavy atom. The Bertz CT molecular complexity index is 1000. The van der Waals surface area contributed by atoms with Gasteiger partial charge in [0, 0.05) is 24.4 Å². The van der Waals surface area contributed by atoms with Crippen LogP contribution < -0.4 is 0 Å². The third kappa shape index (κ3) is 3.01. The second-order valence-electron chi connectivity index (χ2n) is 5.91. The molecule has 0 spiro atoms. The third-order valence-corrected chi connectivity index (χ3v) is 4.22. The van der Waals surface area contributed by atoms with Gasteiger partial charge in [0.15, 0.2) is 17.5 Å². The Labute approximate surface area is 151 Å². The quantitative estimate of drug-likeness (QED) is 0.544. The highest BCUT2D eigenvalue weighted by Crippen LogP contribution is 2.25. The molecule has 0 saturated carbocycles. The van der Waals surface area contributed by atoms with Crippen molar-refractivity contribution in [3.63, 3.8) is 0 Å². The molecule has 1 aromatic carbocycles. The predicted octanol–water partition coefficient (Wildman–Crippen LogP) is 4.11. The summed E-state index contributed by atoms with van der Waals surface area (Å²) in [7, 11) is 0. The molecule has 0 aliphatic heterocycles. The van der Waals surface area contributed by atoms with Crippen molar-refractivity contribution in [2.24, 2.45) is 0 Å². The van der Waals surface area contributed by atoms with Gasteiger partial charge >= 0.3 is 0 Å². The van der Waals surface area contributed by atoms with Crippen molar-refractivity contribution in [2.75, 3.05) is 0 Å². The lowest BCUT2D eigenvalue weighted by atomic mass is 10.1. The number of nitrogens with zero attached hydrogens (tertiary/aromatic N) is 5. The summed E-state index contributed by atoms with van der Waals surface area (Å²) in [4.78, 5) is 13.3. The van der Waals surface area contributed by atoms with Crippen molar-refractivity contribution >= 4 is 0 Å². The summed E-state index contributed by atoms with van der Waals surface area (Å²) in [6, 6.07) is 12.1. The average molecular weight is 345 g/mol. The SMILES string of the molecule is CCc1ccc(-n2nc(-c3ccncc3)nc2-c2coc(CC)n2)cc1. The molecule has 0 radical (unpaired) electrons. The van der Waals surface area contributed by atoms with Crippen molar-refractivity contribution < 1.29 is 4.42 Å². The first kappa shape index (κ1) is 16.2. The first-order valence-corrected chi connectivity index (χ1v) is 8.70. The predicted molar refractivity (Wildman–Crippen MR) is 98.8 cm³/mol. The van der Waals surface area contributed by atoms with E-state index in [0.717, 1.165) is 24.1 Å². The number of rotatable bonds is 5. The largest absolute Gasteiger partial charge is 0.448 e. The van der Waals surface area contributed by atoms with Crippen LogP contribution in [0.15, 0.2) is 59.5 Å². The average Bonchev–Trinajstić information content (AvgIpc) is 3.35. The van der Waals surface area contributed by atoms with Crippen LogP contribution in [0.25, 0.3) is 28.6 Å². The molecule has 0 amide bonds. The van der Waals surface area contributed by atoms with Gasteiger partial charge in [-0.25, -0.2) is 14.6 Å². The molecular weight excluding hydrogens is 326 g/mol. The number of aryl methyl sites for hydroxylation is 2. The van der Waals surface area contributed by atoms with Crippen molar-refractivity contribution in [3.8, 4) is 28.6 Å². The van der Waals surface area contributed by atoms with Gasteiger partial charge < -0.3 is 4.42 Å².